The highest BCUT2D eigenvalue weighted by Gasteiger charge is 2.58. The zero-order valence-electron chi connectivity index (χ0n) is 26.6. The summed E-state index contributed by atoms with van der Waals surface area (Å²) in [6, 6.07) is 15.5. The van der Waals surface area contributed by atoms with Crippen LogP contribution in [0.15, 0.2) is 79.1 Å². The molecule has 3 aromatic heterocycles. The molecule has 2 atom stereocenters. The number of halogens is 4. The van der Waals surface area contributed by atoms with Crippen LogP contribution in [0.25, 0.3) is 22.2 Å². The van der Waals surface area contributed by atoms with Gasteiger partial charge in [0.25, 0.3) is 5.91 Å². The van der Waals surface area contributed by atoms with Gasteiger partial charge in [-0.05, 0) is 80.4 Å². The first-order valence-corrected chi connectivity index (χ1v) is 15.8. The van der Waals surface area contributed by atoms with Gasteiger partial charge in [-0.1, -0.05) is 6.07 Å². The zero-order chi connectivity index (χ0) is 35.3. The molecule has 7 rings (SSSR count). The second-order valence-electron chi connectivity index (χ2n) is 12.6. The Morgan fingerprint density at radius 1 is 1.08 bits per heavy atom. The third-order valence-corrected chi connectivity index (χ3v) is 8.94. The summed E-state index contributed by atoms with van der Waals surface area (Å²) in [4.78, 5) is 38.5. The summed E-state index contributed by atoms with van der Waals surface area (Å²) in [5.41, 5.74) is -4.87. The van der Waals surface area contributed by atoms with Crippen LogP contribution in [0.3, 0.4) is 0 Å². The van der Waals surface area contributed by atoms with Crippen LogP contribution in [0.2, 0.25) is 0 Å². The first-order chi connectivity index (χ1) is 23.9. The van der Waals surface area contributed by atoms with Crippen LogP contribution in [0.5, 0.6) is 11.5 Å². The van der Waals surface area contributed by atoms with Gasteiger partial charge in [0.05, 0.1) is 24.9 Å². The maximum Gasteiger partial charge on any atom is 0.424 e. The first-order valence-electron chi connectivity index (χ1n) is 15.8. The molecular weight excluding hydrogens is 658 g/mol. The molecule has 0 radical (unpaired) electrons. The van der Waals surface area contributed by atoms with E-state index in [2.05, 4.69) is 25.6 Å². The minimum Gasteiger partial charge on any atom is -0.489 e. The number of rotatable bonds is 10. The van der Waals surface area contributed by atoms with Crippen molar-refractivity contribution in [1.29, 1.82) is 0 Å². The molecule has 2 amide bonds. The summed E-state index contributed by atoms with van der Waals surface area (Å²) in [5, 5.41) is 17.1. The number of nitrogens with one attached hydrogen (secondary N) is 3. The van der Waals surface area contributed by atoms with Crippen molar-refractivity contribution in [3.05, 3.63) is 107 Å². The Morgan fingerprint density at radius 3 is 2.56 bits per heavy atom. The summed E-state index contributed by atoms with van der Waals surface area (Å²) in [6.07, 6.45) is -0.498. The van der Waals surface area contributed by atoms with E-state index < -0.39 is 47.1 Å². The number of aromatic amines is 1. The third kappa shape index (κ3) is 6.10. The lowest BCUT2D eigenvalue weighted by molar-refractivity contribution is -0.265. The number of H-pyrrole nitrogens is 1. The molecule has 1 fully saturated rings. The highest BCUT2D eigenvalue weighted by atomic mass is 19.4. The van der Waals surface area contributed by atoms with E-state index >= 15 is 13.2 Å². The van der Waals surface area contributed by atoms with E-state index in [1.54, 1.807) is 36.7 Å². The molecule has 14 heteroatoms. The van der Waals surface area contributed by atoms with Crippen LogP contribution in [-0.4, -0.2) is 57.3 Å². The van der Waals surface area contributed by atoms with E-state index in [0.29, 0.717) is 22.3 Å². The number of carbonyl (C=O) groups is 2. The SMILES string of the molecule is C[C@]1(C(=O)NCc2ccc[nH]2)COc2c1cc([C@@](O)(CNC(=O)c1cc(OC3CC3)c3ncccc3c1)C(F)(F)F)nc2-c1ccc(F)cc1. The van der Waals surface area contributed by atoms with Gasteiger partial charge in [0.1, 0.15) is 40.5 Å². The lowest BCUT2D eigenvalue weighted by Gasteiger charge is -2.31. The lowest BCUT2D eigenvalue weighted by Crippen LogP contribution is -2.52. The van der Waals surface area contributed by atoms with E-state index in [9.17, 15) is 19.1 Å². The molecule has 258 valence electrons. The van der Waals surface area contributed by atoms with Gasteiger partial charge in [-0.25, -0.2) is 9.37 Å². The second kappa shape index (κ2) is 12.4. The van der Waals surface area contributed by atoms with Crippen molar-refractivity contribution in [1.82, 2.24) is 25.6 Å². The van der Waals surface area contributed by atoms with E-state index in [-0.39, 0.29) is 47.4 Å². The summed E-state index contributed by atoms with van der Waals surface area (Å²) >= 11 is 0. The number of hydrogen-bond donors (Lipinski definition) is 4. The van der Waals surface area contributed by atoms with Crippen LogP contribution in [0.1, 0.15) is 47.1 Å². The molecule has 1 aliphatic heterocycles. The molecule has 4 heterocycles. The maximum atomic E-state index is 15.0. The molecule has 1 aliphatic carbocycles. The van der Waals surface area contributed by atoms with Crippen molar-refractivity contribution in [3.8, 4) is 22.8 Å². The predicted molar refractivity (Wildman–Crippen MR) is 173 cm³/mol. The molecule has 5 aromatic rings. The van der Waals surface area contributed by atoms with Crippen LogP contribution >= 0.6 is 0 Å². The fourth-order valence-electron chi connectivity index (χ4n) is 5.83. The van der Waals surface area contributed by atoms with Gasteiger partial charge >= 0.3 is 6.18 Å². The van der Waals surface area contributed by atoms with Gasteiger partial charge < -0.3 is 30.2 Å². The Labute approximate surface area is 282 Å². The van der Waals surface area contributed by atoms with Crippen molar-refractivity contribution < 1.29 is 41.7 Å². The van der Waals surface area contributed by atoms with E-state index in [1.807, 2.05) is 0 Å². The Hall–Kier alpha value is -5.50. The molecular formula is C36H31F4N5O5. The van der Waals surface area contributed by atoms with Crippen molar-refractivity contribution in [3.63, 3.8) is 0 Å². The van der Waals surface area contributed by atoms with Crippen molar-refractivity contribution >= 4 is 22.7 Å². The molecule has 0 spiro atoms. The predicted octanol–water partition coefficient (Wildman–Crippen LogP) is 5.45. The molecule has 50 heavy (non-hydrogen) atoms. The molecule has 2 aromatic carbocycles. The van der Waals surface area contributed by atoms with E-state index in [4.69, 9.17) is 9.47 Å². The van der Waals surface area contributed by atoms with Crippen LogP contribution < -0.4 is 20.1 Å². The summed E-state index contributed by atoms with van der Waals surface area (Å²) in [5.74, 6) is -1.72. The smallest absolute Gasteiger partial charge is 0.424 e. The van der Waals surface area contributed by atoms with E-state index in [1.165, 1.54) is 31.2 Å². The Morgan fingerprint density at radius 2 is 1.86 bits per heavy atom. The number of alkyl halides is 3. The highest BCUT2D eigenvalue weighted by Crippen LogP contribution is 2.48. The highest BCUT2D eigenvalue weighted by molar-refractivity contribution is 6.00. The van der Waals surface area contributed by atoms with Gasteiger partial charge in [0, 0.05) is 40.2 Å². The number of fused-ring (bicyclic) bond motifs is 2. The van der Waals surface area contributed by atoms with Gasteiger partial charge in [-0.15, -0.1) is 0 Å². The first kappa shape index (κ1) is 33.0. The van der Waals surface area contributed by atoms with Crippen LogP contribution in [0.4, 0.5) is 17.6 Å². The fourth-order valence-corrected chi connectivity index (χ4v) is 5.83. The molecule has 0 unspecified atom stereocenters. The molecule has 2 aliphatic rings. The molecule has 4 N–H and O–H groups in total. The zero-order valence-corrected chi connectivity index (χ0v) is 26.6. The van der Waals surface area contributed by atoms with Crippen LogP contribution in [0, 0.1) is 5.82 Å². The number of pyridine rings is 2. The monoisotopic (exact) mass is 689 g/mol. The minimum atomic E-state index is -5.36. The normalized spacial score (nSPS) is 18.2. The summed E-state index contributed by atoms with van der Waals surface area (Å²) in [6.45, 7) is 0.0353. The topological polar surface area (TPSA) is 138 Å². The largest absolute Gasteiger partial charge is 0.489 e. The number of benzene rings is 2. The Bertz CT molecular complexity index is 2090. The molecule has 0 bridgehead atoms. The molecule has 1 saturated carbocycles. The van der Waals surface area contributed by atoms with Gasteiger partial charge in [-0.3, -0.25) is 14.6 Å². The number of amides is 2. The van der Waals surface area contributed by atoms with Crippen molar-refractivity contribution in [2.75, 3.05) is 13.2 Å². The van der Waals surface area contributed by atoms with Crippen molar-refractivity contribution in [2.24, 2.45) is 0 Å². The molecule has 10 nitrogen and oxygen atoms in total. The average Bonchev–Trinajstić information content (AvgIpc) is 3.63. The summed E-state index contributed by atoms with van der Waals surface area (Å²) in [7, 11) is 0. The maximum absolute atomic E-state index is 15.0. The summed E-state index contributed by atoms with van der Waals surface area (Å²) < 4.78 is 70.7. The number of nitrogens with zero attached hydrogens (tertiary/aromatic N) is 2. The van der Waals surface area contributed by atoms with Crippen molar-refractivity contribution in [2.45, 2.75) is 49.6 Å². The van der Waals surface area contributed by atoms with Gasteiger partial charge in [-0.2, -0.15) is 13.2 Å². The second-order valence-corrected chi connectivity index (χ2v) is 12.6. The number of aromatic nitrogens is 3. The van der Waals surface area contributed by atoms with Crippen LogP contribution in [-0.2, 0) is 22.4 Å². The quantitative estimate of drug-likeness (QED) is 0.143. The third-order valence-electron chi connectivity index (χ3n) is 8.94. The number of hydrogen-bond acceptors (Lipinski definition) is 7. The van der Waals surface area contributed by atoms with E-state index in [0.717, 1.165) is 31.0 Å². The van der Waals surface area contributed by atoms with Gasteiger partial charge in [0.15, 0.2) is 0 Å². The standard InChI is InChI=1S/C36H31F4N5O5/c1-34(33(47)43-17-24-5-3-12-41-24)19-49-31-26(34)16-28(45-30(31)20-6-8-23(37)9-7-20)35(48,36(38,39)40)18-44-32(46)22-14-21-4-2-13-42-29(21)27(15-22)50-25-10-11-25/h2-9,12-16,25,41,48H,10-11,17-19H2,1H3,(H,43,47)(H,44,46)/t34-,35-/m0/s1. The average molecular weight is 690 g/mol. The Balaban J connectivity index is 1.26. The molecule has 0 saturated heterocycles. The minimum absolute atomic E-state index is 0.000647. The lowest BCUT2D eigenvalue weighted by atomic mass is 9.81. The fraction of sp³-hybridized carbons (Fsp3) is 0.278. The number of aliphatic hydroxyl groups is 1. The van der Waals surface area contributed by atoms with Gasteiger partial charge in [0.2, 0.25) is 11.5 Å². The number of carbonyl (C=O) groups excluding carboxylic acids is 2. The Kier molecular flexibility index (Phi) is 8.21. The number of ether oxygens (including phenoxy) is 2.